The van der Waals surface area contributed by atoms with Gasteiger partial charge in [0.2, 0.25) is 10.0 Å². The molecule has 23 heavy (non-hydrogen) atoms. The maximum Gasteiger partial charge on any atom is 0.573 e. The lowest BCUT2D eigenvalue weighted by Crippen LogP contribution is -2.21. The van der Waals surface area contributed by atoms with Crippen LogP contribution < -0.4 is 9.88 Å². The predicted molar refractivity (Wildman–Crippen MR) is 76.1 cm³/mol. The number of rotatable bonds is 4. The minimum absolute atomic E-state index is 0.0240. The van der Waals surface area contributed by atoms with Crippen molar-refractivity contribution < 1.29 is 26.3 Å². The molecule has 0 bridgehead atoms. The average molecular weight is 349 g/mol. The summed E-state index contributed by atoms with van der Waals surface area (Å²) in [5.74, 6) is -0.876. The summed E-state index contributed by atoms with van der Waals surface area (Å²) in [6.45, 7) is 3.72. The highest BCUT2D eigenvalue weighted by molar-refractivity contribution is 7.89. The van der Waals surface area contributed by atoms with Gasteiger partial charge in [0.05, 0.1) is 5.69 Å². The molecule has 0 radical (unpaired) electrons. The van der Waals surface area contributed by atoms with E-state index in [0.29, 0.717) is 11.3 Å². The first-order chi connectivity index (χ1) is 10.5. The van der Waals surface area contributed by atoms with Crippen molar-refractivity contribution in [3.8, 4) is 17.0 Å². The zero-order chi connectivity index (χ0) is 17.4. The molecule has 1 aromatic carbocycles. The highest BCUT2D eigenvalue weighted by Crippen LogP contribution is 2.33. The van der Waals surface area contributed by atoms with Crippen LogP contribution in [0.1, 0.15) is 19.9 Å². The molecule has 2 N–H and O–H groups in total. The standard InChI is InChI=1S/C13H14F3N3O3S/c1-8(2)19-10(5-6-18-19)9-3-4-11(22-13(14,15)16)12(7-9)23(17,20)21/h3-8H,1-2H3,(H2,17,20,21). The van der Waals surface area contributed by atoms with Gasteiger partial charge >= 0.3 is 6.36 Å². The van der Waals surface area contributed by atoms with Gasteiger partial charge in [0.25, 0.3) is 0 Å². The molecule has 0 unspecified atom stereocenters. The summed E-state index contributed by atoms with van der Waals surface area (Å²) in [7, 11) is -4.41. The van der Waals surface area contributed by atoms with E-state index < -0.39 is 27.0 Å². The Morgan fingerprint density at radius 1 is 1.26 bits per heavy atom. The summed E-state index contributed by atoms with van der Waals surface area (Å²) in [6.07, 6.45) is -3.52. The van der Waals surface area contributed by atoms with Crippen LogP contribution in [0.3, 0.4) is 0 Å². The number of halogens is 3. The molecule has 10 heteroatoms. The average Bonchev–Trinajstić information content (AvgIpc) is 2.85. The molecule has 0 saturated carbocycles. The van der Waals surface area contributed by atoms with E-state index in [-0.39, 0.29) is 6.04 Å². The number of ether oxygens (including phenoxy) is 1. The minimum atomic E-state index is -5.03. The van der Waals surface area contributed by atoms with Crippen molar-refractivity contribution in [3.05, 3.63) is 30.5 Å². The largest absolute Gasteiger partial charge is 0.573 e. The number of sulfonamides is 1. The van der Waals surface area contributed by atoms with Crippen LogP contribution in [0.25, 0.3) is 11.3 Å². The summed E-state index contributed by atoms with van der Waals surface area (Å²) in [6, 6.07) is 4.86. The number of alkyl halides is 3. The van der Waals surface area contributed by atoms with Crippen LogP contribution in [-0.2, 0) is 10.0 Å². The summed E-state index contributed by atoms with van der Waals surface area (Å²) in [4.78, 5) is -0.746. The Hall–Kier alpha value is -2.07. The molecular formula is C13H14F3N3O3S. The highest BCUT2D eigenvalue weighted by Gasteiger charge is 2.33. The molecule has 0 spiro atoms. The van der Waals surface area contributed by atoms with Gasteiger partial charge in [-0.1, -0.05) is 0 Å². The van der Waals surface area contributed by atoms with Crippen LogP contribution in [0.15, 0.2) is 35.4 Å². The molecule has 1 heterocycles. The van der Waals surface area contributed by atoms with E-state index in [0.717, 1.165) is 12.1 Å². The quantitative estimate of drug-likeness (QED) is 0.919. The normalized spacial score (nSPS) is 12.7. The first kappa shape index (κ1) is 17.3. The van der Waals surface area contributed by atoms with Crippen molar-refractivity contribution in [2.24, 2.45) is 5.14 Å². The maximum atomic E-state index is 12.4. The van der Waals surface area contributed by atoms with Crippen molar-refractivity contribution in [2.45, 2.75) is 31.1 Å². The van der Waals surface area contributed by atoms with Gasteiger partial charge in [0, 0.05) is 17.8 Å². The third-order valence-corrected chi connectivity index (χ3v) is 3.86. The van der Waals surface area contributed by atoms with E-state index in [9.17, 15) is 21.6 Å². The van der Waals surface area contributed by atoms with Gasteiger partial charge in [0.1, 0.15) is 10.6 Å². The molecular weight excluding hydrogens is 335 g/mol. The lowest BCUT2D eigenvalue weighted by Gasteiger charge is -2.15. The van der Waals surface area contributed by atoms with E-state index in [2.05, 4.69) is 9.84 Å². The molecule has 6 nitrogen and oxygen atoms in total. The van der Waals surface area contributed by atoms with Crippen molar-refractivity contribution in [3.63, 3.8) is 0 Å². The van der Waals surface area contributed by atoms with E-state index in [4.69, 9.17) is 5.14 Å². The van der Waals surface area contributed by atoms with Gasteiger partial charge in [-0.05, 0) is 38.1 Å². The third kappa shape index (κ3) is 4.02. The Morgan fingerprint density at radius 2 is 1.91 bits per heavy atom. The van der Waals surface area contributed by atoms with Crippen LogP contribution >= 0.6 is 0 Å². The number of benzene rings is 1. The minimum Gasteiger partial charge on any atom is -0.404 e. The Balaban J connectivity index is 2.59. The number of aromatic nitrogens is 2. The zero-order valence-corrected chi connectivity index (χ0v) is 13.0. The Labute approximate surface area is 130 Å². The van der Waals surface area contributed by atoms with Crippen LogP contribution in [-0.4, -0.2) is 24.6 Å². The lowest BCUT2D eigenvalue weighted by molar-refractivity contribution is -0.275. The first-order valence-corrected chi connectivity index (χ1v) is 8.00. The fourth-order valence-corrected chi connectivity index (χ4v) is 2.73. The third-order valence-electron chi connectivity index (χ3n) is 2.93. The number of primary sulfonamides is 1. The van der Waals surface area contributed by atoms with Crippen LogP contribution in [0.2, 0.25) is 0 Å². The fraction of sp³-hybridized carbons (Fsp3) is 0.308. The van der Waals surface area contributed by atoms with Crippen molar-refractivity contribution in [2.75, 3.05) is 0 Å². The molecule has 0 fully saturated rings. The molecule has 0 aliphatic heterocycles. The van der Waals surface area contributed by atoms with Gasteiger partial charge in [-0.15, -0.1) is 13.2 Å². The molecule has 0 aliphatic rings. The molecule has 0 atom stereocenters. The second kappa shape index (κ2) is 5.85. The van der Waals surface area contributed by atoms with E-state index in [1.165, 1.54) is 12.3 Å². The van der Waals surface area contributed by atoms with Gasteiger partial charge in [-0.3, -0.25) is 4.68 Å². The fourth-order valence-electron chi connectivity index (χ4n) is 2.05. The summed E-state index contributed by atoms with van der Waals surface area (Å²) >= 11 is 0. The summed E-state index contributed by atoms with van der Waals surface area (Å²) in [5.41, 5.74) is 0.901. The molecule has 2 rings (SSSR count). The van der Waals surface area contributed by atoms with Crippen LogP contribution in [0.5, 0.6) is 5.75 Å². The summed E-state index contributed by atoms with van der Waals surface area (Å²) < 4.78 is 65.7. The molecule has 0 amide bonds. The number of hydrogen-bond donors (Lipinski definition) is 1. The Kier molecular flexibility index (Phi) is 4.40. The monoisotopic (exact) mass is 349 g/mol. The van der Waals surface area contributed by atoms with E-state index in [1.807, 2.05) is 13.8 Å². The number of nitrogens with two attached hydrogens (primary N) is 1. The van der Waals surface area contributed by atoms with E-state index in [1.54, 1.807) is 10.7 Å². The smallest absolute Gasteiger partial charge is 0.404 e. The van der Waals surface area contributed by atoms with Crippen molar-refractivity contribution >= 4 is 10.0 Å². The lowest BCUT2D eigenvalue weighted by atomic mass is 10.1. The van der Waals surface area contributed by atoms with Crippen molar-refractivity contribution in [1.82, 2.24) is 9.78 Å². The number of nitrogens with zero attached hydrogens (tertiary/aromatic N) is 2. The second-order valence-corrected chi connectivity index (χ2v) is 6.54. The van der Waals surface area contributed by atoms with Gasteiger partial charge < -0.3 is 4.74 Å². The first-order valence-electron chi connectivity index (χ1n) is 6.45. The summed E-state index contributed by atoms with van der Waals surface area (Å²) in [5, 5.41) is 9.09. The predicted octanol–water partition coefficient (Wildman–Crippen LogP) is 2.68. The second-order valence-electron chi connectivity index (χ2n) is 5.01. The van der Waals surface area contributed by atoms with Gasteiger partial charge in [-0.25, -0.2) is 13.6 Å². The molecule has 0 aliphatic carbocycles. The van der Waals surface area contributed by atoms with E-state index >= 15 is 0 Å². The molecule has 2 aromatic rings. The molecule has 0 saturated heterocycles. The van der Waals surface area contributed by atoms with Crippen LogP contribution in [0, 0.1) is 0 Å². The molecule has 126 valence electrons. The van der Waals surface area contributed by atoms with Crippen molar-refractivity contribution in [1.29, 1.82) is 0 Å². The topological polar surface area (TPSA) is 87.2 Å². The molecule has 1 aromatic heterocycles. The van der Waals surface area contributed by atoms with Gasteiger partial charge in [0.15, 0.2) is 0 Å². The highest BCUT2D eigenvalue weighted by atomic mass is 32.2. The SMILES string of the molecule is CC(C)n1nccc1-c1ccc(OC(F)(F)F)c(S(N)(=O)=O)c1. The number of hydrogen-bond acceptors (Lipinski definition) is 4. The maximum absolute atomic E-state index is 12.4. The zero-order valence-electron chi connectivity index (χ0n) is 12.2. The Bertz CT molecular complexity index is 813. The Morgan fingerprint density at radius 3 is 2.43 bits per heavy atom. The van der Waals surface area contributed by atoms with Crippen LogP contribution in [0.4, 0.5) is 13.2 Å². The van der Waals surface area contributed by atoms with Gasteiger partial charge in [-0.2, -0.15) is 5.10 Å².